The van der Waals surface area contributed by atoms with E-state index in [0.717, 1.165) is 32.1 Å². The summed E-state index contributed by atoms with van der Waals surface area (Å²) in [7, 11) is -3.09. The van der Waals surface area contributed by atoms with Gasteiger partial charge in [-0.15, -0.1) is 0 Å². The Kier molecular flexibility index (Phi) is 12.8. The second-order valence-corrected chi connectivity index (χ2v) is 15.5. The van der Waals surface area contributed by atoms with Crippen molar-refractivity contribution in [2.24, 2.45) is 17.3 Å². The van der Waals surface area contributed by atoms with Crippen LogP contribution >= 0.6 is 7.82 Å². The number of nitrogen functional groups attached to an aromatic ring is 1. The molecule has 280 valence electrons. The molecule has 2 unspecified atom stereocenters. The van der Waals surface area contributed by atoms with Gasteiger partial charge in [-0.1, -0.05) is 33.1 Å². The maximum atomic E-state index is 17.1. The number of hydrogen-bond acceptors (Lipinski definition) is 16. The second-order valence-electron chi connectivity index (χ2n) is 13.8. The summed E-state index contributed by atoms with van der Waals surface area (Å²) < 4.78 is 70.0. The van der Waals surface area contributed by atoms with E-state index in [1.54, 1.807) is 41.7 Å². The van der Waals surface area contributed by atoms with Crippen molar-refractivity contribution in [3.05, 3.63) is 6.33 Å². The van der Waals surface area contributed by atoms with E-state index in [9.17, 15) is 18.9 Å². The third-order valence-electron chi connectivity index (χ3n) is 8.34. The Morgan fingerprint density at radius 1 is 1.12 bits per heavy atom. The lowest BCUT2D eigenvalue weighted by Gasteiger charge is -2.29. The number of carbonyl (C=O) groups is 3. The number of nitrogens with one attached hydrogen (secondary N) is 1. The highest BCUT2D eigenvalue weighted by atomic mass is 31.2. The lowest BCUT2D eigenvalue weighted by atomic mass is 9.87. The van der Waals surface area contributed by atoms with Crippen molar-refractivity contribution in [3.63, 3.8) is 0 Å². The summed E-state index contributed by atoms with van der Waals surface area (Å²) in [5.74, 6) is -2.21. The molecule has 4 rings (SSSR count). The first-order chi connectivity index (χ1) is 23.4. The number of rotatable bonds is 15. The Morgan fingerprint density at radius 2 is 1.78 bits per heavy atom. The number of ether oxygens (including phenoxy) is 4. The van der Waals surface area contributed by atoms with E-state index in [-0.39, 0.29) is 29.5 Å². The average molecular weight is 731 g/mol. The molecule has 3 N–H and O–H groups in total. The van der Waals surface area contributed by atoms with Crippen molar-refractivity contribution in [2.75, 3.05) is 38.3 Å². The van der Waals surface area contributed by atoms with Crippen LogP contribution in [0, 0.1) is 17.3 Å². The molecule has 1 aliphatic heterocycles. The van der Waals surface area contributed by atoms with E-state index in [2.05, 4.69) is 20.3 Å². The van der Waals surface area contributed by atoms with Gasteiger partial charge < -0.3 is 30.0 Å². The summed E-state index contributed by atoms with van der Waals surface area (Å²) in [6, 6.07) is 0. The SMILES string of the molecule is CNc1nc(N)nc2c1ncn2[C@@H]1OC(COP(=O)(OCOC(=O)C(C)C)OCOC(=O)C(C)(C)C)[C@@H](OC(=O)CC2CCCCC2)[C@@]1(C)F. The quantitative estimate of drug-likeness (QED) is 0.109. The van der Waals surface area contributed by atoms with Crippen molar-refractivity contribution in [1.29, 1.82) is 0 Å². The number of fused-ring (bicyclic) bond motifs is 1. The first-order valence-corrected chi connectivity index (χ1v) is 18.0. The maximum absolute atomic E-state index is 17.1. The number of carbonyl (C=O) groups excluding carboxylic acids is 3. The topological polar surface area (TPSA) is 215 Å². The highest BCUT2D eigenvalue weighted by molar-refractivity contribution is 7.48. The van der Waals surface area contributed by atoms with Crippen LogP contribution < -0.4 is 11.1 Å². The highest BCUT2D eigenvalue weighted by Gasteiger charge is 2.59. The lowest BCUT2D eigenvalue weighted by molar-refractivity contribution is -0.162. The monoisotopic (exact) mass is 730 g/mol. The van der Waals surface area contributed by atoms with Crippen LogP contribution in [-0.4, -0.2) is 82.5 Å². The summed E-state index contributed by atoms with van der Waals surface area (Å²) in [6.07, 6.45) is 1.68. The molecule has 2 fully saturated rings. The number of phosphoric ester groups is 1. The number of esters is 3. The predicted molar refractivity (Wildman–Crippen MR) is 176 cm³/mol. The third kappa shape index (κ3) is 9.66. The maximum Gasteiger partial charge on any atom is 0.480 e. The highest BCUT2D eigenvalue weighted by Crippen LogP contribution is 2.52. The van der Waals surface area contributed by atoms with Crippen molar-refractivity contribution in [1.82, 2.24) is 19.5 Å². The molecule has 3 heterocycles. The van der Waals surface area contributed by atoms with Gasteiger partial charge in [-0.05, 0) is 46.5 Å². The first kappa shape index (κ1) is 39.3. The Bertz CT molecular complexity index is 1560. The van der Waals surface area contributed by atoms with E-state index >= 15 is 4.39 Å². The van der Waals surface area contributed by atoms with Gasteiger partial charge in [-0.25, -0.2) is 23.0 Å². The second kappa shape index (κ2) is 16.3. The molecule has 0 bridgehead atoms. The fourth-order valence-corrected chi connectivity index (χ4v) is 6.50. The van der Waals surface area contributed by atoms with Gasteiger partial charge in [0.2, 0.25) is 19.5 Å². The molecule has 0 amide bonds. The van der Waals surface area contributed by atoms with Crippen LogP contribution in [0.15, 0.2) is 6.33 Å². The van der Waals surface area contributed by atoms with Crippen molar-refractivity contribution < 1.29 is 55.9 Å². The largest absolute Gasteiger partial charge is 0.480 e. The van der Waals surface area contributed by atoms with Crippen LogP contribution in [0.5, 0.6) is 0 Å². The normalized spacial score (nSPS) is 24.2. The third-order valence-corrected chi connectivity index (χ3v) is 9.65. The number of anilines is 2. The fourth-order valence-electron chi connectivity index (χ4n) is 5.58. The number of halogens is 1. The molecule has 2 aliphatic rings. The van der Waals surface area contributed by atoms with Crippen molar-refractivity contribution >= 4 is 48.7 Å². The number of nitrogens with zero attached hydrogens (tertiary/aromatic N) is 4. The smallest absolute Gasteiger partial charge is 0.456 e. The van der Waals surface area contributed by atoms with Gasteiger partial charge in [-0.3, -0.25) is 23.5 Å². The Balaban J connectivity index is 1.60. The zero-order valence-electron chi connectivity index (χ0n) is 29.5. The minimum Gasteiger partial charge on any atom is -0.456 e. The van der Waals surface area contributed by atoms with E-state index in [4.69, 9.17) is 38.3 Å². The van der Waals surface area contributed by atoms with Crippen LogP contribution in [0.2, 0.25) is 0 Å². The summed E-state index contributed by atoms with van der Waals surface area (Å²) >= 11 is 0. The van der Waals surface area contributed by atoms with Crippen molar-refractivity contribution in [3.8, 4) is 0 Å². The van der Waals surface area contributed by atoms with Crippen molar-refractivity contribution in [2.45, 2.75) is 104 Å². The fraction of sp³-hybridized carbons (Fsp3) is 0.742. The molecule has 1 saturated carbocycles. The van der Waals surface area contributed by atoms with Gasteiger partial charge in [0.25, 0.3) is 0 Å². The molecule has 1 aliphatic carbocycles. The van der Waals surface area contributed by atoms with Crippen LogP contribution in [-0.2, 0) is 51.5 Å². The van der Waals surface area contributed by atoms with Crippen LogP contribution in [0.4, 0.5) is 16.2 Å². The number of aromatic nitrogens is 4. The molecule has 0 radical (unpaired) electrons. The molecule has 19 heteroatoms. The Labute approximate surface area is 290 Å². The van der Waals surface area contributed by atoms with Gasteiger partial charge in [0, 0.05) is 13.5 Å². The van der Waals surface area contributed by atoms with E-state index in [1.807, 2.05) is 0 Å². The predicted octanol–water partition coefficient (Wildman–Crippen LogP) is 4.82. The molecule has 5 atom stereocenters. The van der Waals surface area contributed by atoms with Gasteiger partial charge in [-0.2, -0.15) is 9.97 Å². The van der Waals surface area contributed by atoms with E-state index in [1.165, 1.54) is 17.8 Å². The number of nitrogens with two attached hydrogens (primary N) is 1. The van der Waals surface area contributed by atoms with Gasteiger partial charge >= 0.3 is 25.7 Å². The minimum absolute atomic E-state index is 0.0825. The summed E-state index contributed by atoms with van der Waals surface area (Å²) in [5.41, 5.74) is 2.99. The molecule has 1 saturated heterocycles. The average Bonchev–Trinajstić information content (AvgIpc) is 3.56. The summed E-state index contributed by atoms with van der Waals surface area (Å²) in [5, 5.41) is 2.86. The first-order valence-electron chi connectivity index (χ1n) is 16.5. The van der Waals surface area contributed by atoms with E-state index in [0.29, 0.717) is 5.82 Å². The van der Waals surface area contributed by atoms with Crippen LogP contribution in [0.25, 0.3) is 11.2 Å². The number of alkyl halides is 1. The molecular weight excluding hydrogens is 682 g/mol. The van der Waals surface area contributed by atoms with Gasteiger partial charge in [0.15, 0.2) is 35.0 Å². The molecule has 0 aromatic carbocycles. The van der Waals surface area contributed by atoms with Gasteiger partial charge in [0.05, 0.1) is 24.3 Å². The number of phosphoric acid groups is 1. The zero-order valence-corrected chi connectivity index (χ0v) is 30.4. The standard InChI is InChI=1S/C31H48FN6O11P/c1-18(2)26(40)43-16-46-50(42,47-17-44-28(41)30(3,4)5)45-14-20-23(49-21(39)13-19-11-9-8-10-12-19)31(6,32)27(48-20)38-15-35-22-24(34-7)36-29(33)37-25(22)38/h15,18-20,23,27H,8-14,16-17H2,1-7H3,(H3,33,34,36,37)/t20?,23-,27-,31-,50?/m1/s1. The Hall–Kier alpha value is -3.44. The zero-order chi connectivity index (χ0) is 36.9. The molecule has 2 aromatic heterocycles. The molecule has 50 heavy (non-hydrogen) atoms. The molecular formula is C31H48FN6O11P. The molecule has 2 aromatic rings. The molecule has 0 spiro atoms. The van der Waals surface area contributed by atoms with Gasteiger partial charge in [0.1, 0.15) is 6.10 Å². The Morgan fingerprint density at radius 3 is 2.40 bits per heavy atom. The lowest BCUT2D eigenvalue weighted by Crippen LogP contribution is -2.44. The summed E-state index contributed by atoms with van der Waals surface area (Å²) in [4.78, 5) is 50.1. The number of imidazole rings is 1. The summed E-state index contributed by atoms with van der Waals surface area (Å²) in [6.45, 7) is 6.78. The molecule has 17 nitrogen and oxygen atoms in total. The number of hydrogen-bond donors (Lipinski definition) is 2. The minimum atomic E-state index is -4.70. The van der Waals surface area contributed by atoms with Crippen LogP contribution in [0.1, 0.15) is 86.3 Å². The van der Waals surface area contributed by atoms with E-state index < -0.39 is 81.4 Å². The van der Waals surface area contributed by atoms with Crippen LogP contribution in [0.3, 0.4) is 0 Å².